The molecule has 0 saturated heterocycles. The molecule has 0 aliphatic rings. The maximum atomic E-state index is 4.26. The summed E-state index contributed by atoms with van der Waals surface area (Å²) in [4.78, 5) is 8.52. The fourth-order valence-electron chi connectivity index (χ4n) is 1.91. The number of H-pyrrole nitrogens is 1. The average Bonchev–Trinajstić information content (AvgIpc) is 2.89. The lowest BCUT2D eigenvalue weighted by molar-refractivity contribution is 1.09. The second kappa shape index (κ2) is 4.41. The van der Waals surface area contributed by atoms with Crippen molar-refractivity contribution in [3.8, 4) is 22.6 Å². The van der Waals surface area contributed by atoms with Gasteiger partial charge in [0.05, 0.1) is 17.5 Å². The Morgan fingerprint density at radius 3 is 2.67 bits per heavy atom. The lowest BCUT2D eigenvalue weighted by atomic mass is 10.1. The van der Waals surface area contributed by atoms with Gasteiger partial charge in [-0.05, 0) is 19.1 Å². The van der Waals surface area contributed by atoms with Crippen molar-refractivity contribution in [2.24, 2.45) is 0 Å². The Morgan fingerprint density at radius 1 is 1.06 bits per heavy atom. The minimum atomic E-state index is 0.683. The molecule has 0 aliphatic carbocycles. The van der Waals surface area contributed by atoms with Crippen molar-refractivity contribution in [3.63, 3.8) is 0 Å². The van der Waals surface area contributed by atoms with E-state index in [4.69, 9.17) is 0 Å². The lowest BCUT2D eigenvalue weighted by Gasteiger charge is -2.03. The summed E-state index contributed by atoms with van der Waals surface area (Å²) in [5.74, 6) is 0.683. The molecular weight excluding hydrogens is 224 g/mol. The van der Waals surface area contributed by atoms with Crippen LogP contribution in [0, 0.1) is 6.92 Å². The van der Waals surface area contributed by atoms with E-state index >= 15 is 0 Å². The fraction of sp³-hybridized carbons (Fsp3) is 0.0714. The van der Waals surface area contributed by atoms with Gasteiger partial charge in [0.1, 0.15) is 0 Å². The molecule has 88 valence electrons. The predicted molar refractivity (Wildman–Crippen MR) is 69.8 cm³/mol. The zero-order valence-corrected chi connectivity index (χ0v) is 9.96. The molecule has 0 unspecified atom stereocenters. The SMILES string of the molecule is Cc1cccc(-c2[nH]ncc2-c2ncccn2)c1. The molecule has 3 aromatic rings. The van der Waals surface area contributed by atoms with Gasteiger partial charge in [0, 0.05) is 18.0 Å². The summed E-state index contributed by atoms with van der Waals surface area (Å²) in [6, 6.07) is 10.1. The van der Waals surface area contributed by atoms with Crippen LogP contribution in [0.3, 0.4) is 0 Å². The lowest BCUT2D eigenvalue weighted by Crippen LogP contribution is -1.88. The minimum absolute atomic E-state index is 0.683. The second-order valence-electron chi connectivity index (χ2n) is 4.10. The van der Waals surface area contributed by atoms with Gasteiger partial charge >= 0.3 is 0 Å². The smallest absolute Gasteiger partial charge is 0.162 e. The summed E-state index contributed by atoms with van der Waals surface area (Å²) < 4.78 is 0. The Hall–Kier alpha value is -2.49. The number of rotatable bonds is 2. The molecule has 0 amide bonds. The van der Waals surface area contributed by atoms with Gasteiger partial charge in [-0.3, -0.25) is 5.10 Å². The van der Waals surface area contributed by atoms with Crippen molar-refractivity contribution in [1.82, 2.24) is 20.2 Å². The zero-order valence-electron chi connectivity index (χ0n) is 9.96. The highest BCUT2D eigenvalue weighted by molar-refractivity contribution is 5.76. The van der Waals surface area contributed by atoms with Crippen LogP contribution in [0.1, 0.15) is 5.56 Å². The number of nitrogens with one attached hydrogen (secondary N) is 1. The molecular formula is C14H12N4. The number of aromatic amines is 1. The van der Waals surface area contributed by atoms with Gasteiger partial charge in [-0.15, -0.1) is 0 Å². The highest BCUT2D eigenvalue weighted by atomic mass is 15.1. The van der Waals surface area contributed by atoms with Crippen LogP contribution in [0.25, 0.3) is 22.6 Å². The summed E-state index contributed by atoms with van der Waals surface area (Å²) in [6.45, 7) is 2.07. The highest BCUT2D eigenvalue weighted by Gasteiger charge is 2.11. The summed E-state index contributed by atoms with van der Waals surface area (Å²) in [5, 5.41) is 7.12. The number of nitrogens with zero attached hydrogens (tertiary/aromatic N) is 3. The van der Waals surface area contributed by atoms with Crippen molar-refractivity contribution in [1.29, 1.82) is 0 Å². The highest BCUT2D eigenvalue weighted by Crippen LogP contribution is 2.27. The summed E-state index contributed by atoms with van der Waals surface area (Å²) in [5.41, 5.74) is 4.17. The molecule has 0 bridgehead atoms. The van der Waals surface area contributed by atoms with Crippen LogP contribution in [0.15, 0.2) is 48.9 Å². The summed E-state index contributed by atoms with van der Waals surface area (Å²) >= 11 is 0. The number of hydrogen-bond acceptors (Lipinski definition) is 3. The maximum absolute atomic E-state index is 4.26. The molecule has 0 atom stereocenters. The Morgan fingerprint density at radius 2 is 1.89 bits per heavy atom. The first-order valence-corrected chi connectivity index (χ1v) is 5.72. The van der Waals surface area contributed by atoms with E-state index < -0.39 is 0 Å². The number of benzene rings is 1. The van der Waals surface area contributed by atoms with Crippen LogP contribution in [0.2, 0.25) is 0 Å². The first kappa shape index (κ1) is 10.7. The first-order valence-electron chi connectivity index (χ1n) is 5.72. The van der Waals surface area contributed by atoms with Crippen LogP contribution in [0.5, 0.6) is 0 Å². The number of hydrogen-bond donors (Lipinski definition) is 1. The molecule has 1 N–H and O–H groups in total. The number of aromatic nitrogens is 4. The second-order valence-corrected chi connectivity index (χ2v) is 4.10. The van der Waals surface area contributed by atoms with Crippen LogP contribution in [-0.4, -0.2) is 20.2 Å². The molecule has 3 rings (SSSR count). The van der Waals surface area contributed by atoms with E-state index in [0.717, 1.165) is 16.8 Å². The van der Waals surface area contributed by atoms with E-state index in [1.165, 1.54) is 5.56 Å². The molecule has 0 saturated carbocycles. The maximum Gasteiger partial charge on any atom is 0.162 e. The Balaban J connectivity index is 2.13. The minimum Gasteiger partial charge on any atom is -0.277 e. The monoisotopic (exact) mass is 236 g/mol. The number of aryl methyl sites for hydroxylation is 1. The topological polar surface area (TPSA) is 54.5 Å². The molecule has 0 fully saturated rings. The molecule has 2 aromatic heterocycles. The van der Waals surface area contributed by atoms with E-state index in [-0.39, 0.29) is 0 Å². The summed E-state index contributed by atoms with van der Waals surface area (Å²) in [7, 11) is 0. The van der Waals surface area contributed by atoms with E-state index in [1.807, 2.05) is 12.1 Å². The summed E-state index contributed by atoms with van der Waals surface area (Å²) in [6.07, 6.45) is 5.22. The van der Waals surface area contributed by atoms with E-state index in [2.05, 4.69) is 39.2 Å². The molecule has 0 radical (unpaired) electrons. The third kappa shape index (κ3) is 1.88. The van der Waals surface area contributed by atoms with Crippen molar-refractivity contribution >= 4 is 0 Å². The van der Waals surface area contributed by atoms with Crippen molar-refractivity contribution in [2.75, 3.05) is 0 Å². The Labute approximate surface area is 105 Å². The van der Waals surface area contributed by atoms with Crippen molar-refractivity contribution in [3.05, 3.63) is 54.5 Å². The Bertz CT molecular complexity index is 658. The quantitative estimate of drug-likeness (QED) is 0.744. The zero-order chi connectivity index (χ0) is 12.4. The third-order valence-electron chi connectivity index (χ3n) is 2.75. The van der Waals surface area contributed by atoms with E-state index in [0.29, 0.717) is 5.82 Å². The average molecular weight is 236 g/mol. The van der Waals surface area contributed by atoms with Crippen LogP contribution < -0.4 is 0 Å². The van der Waals surface area contributed by atoms with Gasteiger partial charge in [0.2, 0.25) is 0 Å². The largest absolute Gasteiger partial charge is 0.277 e. The van der Waals surface area contributed by atoms with Gasteiger partial charge in [-0.25, -0.2) is 9.97 Å². The third-order valence-corrected chi connectivity index (χ3v) is 2.75. The van der Waals surface area contributed by atoms with Crippen LogP contribution in [-0.2, 0) is 0 Å². The first-order chi connectivity index (χ1) is 8.84. The van der Waals surface area contributed by atoms with Gasteiger partial charge in [-0.1, -0.05) is 23.8 Å². The van der Waals surface area contributed by atoms with Gasteiger partial charge < -0.3 is 0 Å². The fourth-order valence-corrected chi connectivity index (χ4v) is 1.91. The molecule has 1 aromatic carbocycles. The van der Waals surface area contributed by atoms with Crippen LogP contribution in [0.4, 0.5) is 0 Å². The molecule has 0 spiro atoms. The van der Waals surface area contributed by atoms with Gasteiger partial charge in [-0.2, -0.15) is 5.10 Å². The van der Waals surface area contributed by atoms with E-state index in [1.54, 1.807) is 24.7 Å². The van der Waals surface area contributed by atoms with Gasteiger partial charge in [0.25, 0.3) is 0 Å². The normalized spacial score (nSPS) is 10.5. The predicted octanol–water partition coefficient (Wildman–Crippen LogP) is 2.84. The van der Waals surface area contributed by atoms with Crippen molar-refractivity contribution < 1.29 is 0 Å². The molecule has 18 heavy (non-hydrogen) atoms. The molecule has 4 heteroatoms. The van der Waals surface area contributed by atoms with Crippen LogP contribution >= 0.6 is 0 Å². The molecule has 0 aliphatic heterocycles. The Kier molecular flexibility index (Phi) is 2.61. The molecule has 4 nitrogen and oxygen atoms in total. The molecule has 2 heterocycles. The standard InChI is InChI=1S/C14H12N4/c1-10-4-2-5-11(8-10)13-12(9-17-18-13)14-15-6-3-7-16-14/h2-9H,1H3,(H,17,18). The van der Waals surface area contributed by atoms with Crippen molar-refractivity contribution in [2.45, 2.75) is 6.92 Å². The van der Waals surface area contributed by atoms with Gasteiger partial charge in [0.15, 0.2) is 5.82 Å². The van der Waals surface area contributed by atoms with E-state index in [9.17, 15) is 0 Å².